The normalized spacial score (nSPS) is 44.5. The number of esters is 1. The zero-order chi connectivity index (χ0) is 29.5. The summed E-state index contributed by atoms with van der Waals surface area (Å²) in [5, 5.41) is 12.3. The summed E-state index contributed by atoms with van der Waals surface area (Å²) in [6.07, 6.45) is 13.1. The molecule has 10 atom stereocenters. The van der Waals surface area contributed by atoms with Crippen molar-refractivity contribution in [2.75, 3.05) is 13.7 Å². The van der Waals surface area contributed by atoms with Crippen LogP contribution in [-0.2, 0) is 28.5 Å². The van der Waals surface area contributed by atoms with E-state index in [9.17, 15) is 9.90 Å². The molecule has 0 aromatic carbocycles. The number of rotatable bonds is 2. The van der Waals surface area contributed by atoms with E-state index in [4.69, 9.17) is 23.7 Å². The third-order valence-corrected chi connectivity index (χ3v) is 9.89. The highest BCUT2D eigenvalue weighted by Gasteiger charge is 2.60. The highest BCUT2D eigenvalue weighted by Crippen LogP contribution is 2.48. The Labute approximate surface area is 246 Å². The first-order chi connectivity index (χ1) is 19.5. The Kier molecular flexibility index (Phi) is 9.04. The average Bonchev–Trinajstić information content (AvgIpc) is 3.24. The molecule has 2 bridgehead atoms. The molecule has 4 aliphatic heterocycles. The number of methoxy groups -OCH3 is 1. The number of ether oxygens (including phenoxy) is 5. The summed E-state index contributed by atoms with van der Waals surface area (Å²) in [4.78, 5) is 14.0. The Hall–Kier alpha value is -1.77. The van der Waals surface area contributed by atoms with Gasteiger partial charge in [-0.15, -0.1) is 0 Å². The summed E-state index contributed by atoms with van der Waals surface area (Å²) < 4.78 is 31.7. The molecular weight excluding hydrogens is 520 g/mol. The Morgan fingerprint density at radius 2 is 1.93 bits per heavy atom. The van der Waals surface area contributed by atoms with Crippen molar-refractivity contribution in [3.8, 4) is 0 Å². The largest absolute Gasteiger partial charge is 0.462 e. The predicted octanol–water partition coefficient (Wildman–Crippen LogP) is 5.82. The molecule has 5 aliphatic rings. The summed E-state index contributed by atoms with van der Waals surface area (Å²) in [5.41, 5.74) is 1.27. The van der Waals surface area contributed by atoms with Crippen LogP contribution in [0.15, 0.2) is 47.1 Å². The van der Waals surface area contributed by atoms with E-state index in [1.807, 2.05) is 25.2 Å². The maximum atomic E-state index is 14.0. The summed E-state index contributed by atoms with van der Waals surface area (Å²) in [7, 11) is 1.61. The molecule has 0 aromatic heterocycles. The lowest BCUT2D eigenvalue weighted by molar-refractivity contribution is -0.340. The van der Waals surface area contributed by atoms with Gasteiger partial charge in [0.2, 0.25) is 0 Å². The minimum Gasteiger partial charge on any atom is -0.462 e. The number of hydrogen-bond donors (Lipinski definition) is 1. The van der Waals surface area contributed by atoms with Gasteiger partial charge in [0.1, 0.15) is 29.8 Å². The van der Waals surface area contributed by atoms with E-state index < -0.39 is 35.5 Å². The fourth-order valence-corrected chi connectivity index (χ4v) is 7.78. The number of fused-ring (bicyclic) bond motifs is 2. The first kappa shape index (κ1) is 30.7. The molecule has 1 N–H and O–H groups in total. The van der Waals surface area contributed by atoms with Crippen LogP contribution >= 0.6 is 0 Å². The van der Waals surface area contributed by atoms with Crippen LogP contribution in [0.3, 0.4) is 0 Å². The van der Waals surface area contributed by atoms with E-state index in [1.165, 1.54) is 5.57 Å². The van der Waals surface area contributed by atoms with Gasteiger partial charge in [0.05, 0.1) is 18.8 Å². The maximum absolute atomic E-state index is 14.0. The van der Waals surface area contributed by atoms with E-state index in [0.29, 0.717) is 36.2 Å². The van der Waals surface area contributed by atoms with Gasteiger partial charge in [-0.1, -0.05) is 63.6 Å². The molecule has 0 amide bonds. The molecule has 4 heterocycles. The Balaban J connectivity index is 1.52. The van der Waals surface area contributed by atoms with Crippen LogP contribution in [0.2, 0.25) is 0 Å². The average molecular weight is 571 g/mol. The molecule has 7 heteroatoms. The summed E-state index contributed by atoms with van der Waals surface area (Å²) >= 11 is 0. The molecule has 0 saturated carbocycles. The first-order valence-corrected chi connectivity index (χ1v) is 15.6. The summed E-state index contributed by atoms with van der Waals surface area (Å²) in [6.45, 7) is 13.1. The molecule has 7 nitrogen and oxygen atoms in total. The van der Waals surface area contributed by atoms with Crippen LogP contribution in [0.1, 0.15) is 80.1 Å². The van der Waals surface area contributed by atoms with Gasteiger partial charge in [-0.2, -0.15) is 0 Å². The zero-order valence-corrected chi connectivity index (χ0v) is 25.9. The van der Waals surface area contributed by atoms with Gasteiger partial charge in [-0.05, 0) is 62.0 Å². The van der Waals surface area contributed by atoms with Gasteiger partial charge < -0.3 is 28.8 Å². The molecule has 3 saturated heterocycles. The second-order valence-electron chi connectivity index (χ2n) is 13.6. The van der Waals surface area contributed by atoms with Crippen molar-refractivity contribution in [3.05, 3.63) is 47.1 Å². The molecule has 0 aromatic rings. The van der Waals surface area contributed by atoms with Crippen molar-refractivity contribution < 1.29 is 33.6 Å². The van der Waals surface area contributed by atoms with Crippen molar-refractivity contribution in [2.45, 2.75) is 122 Å². The lowest BCUT2D eigenvalue weighted by Gasteiger charge is -2.50. The molecule has 0 radical (unpaired) electrons. The molecule has 10 unspecified atom stereocenters. The lowest BCUT2D eigenvalue weighted by atomic mass is 9.70. The maximum Gasteiger partial charge on any atom is 0.316 e. The molecule has 5 rings (SSSR count). The Morgan fingerprint density at radius 1 is 1.15 bits per heavy atom. The molecule has 3 fully saturated rings. The SMILES string of the molecule is COC1C(C)=CC2C(=O)OC3CC(CC=C(C)CC(C)/C=C/C=C4COC1C42O)OC1(CCC(C)C(C(C)C)O1)C3. The quantitative estimate of drug-likeness (QED) is 0.331. The Morgan fingerprint density at radius 3 is 2.66 bits per heavy atom. The van der Waals surface area contributed by atoms with Gasteiger partial charge >= 0.3 is 5.97 Å². The number of allylic oxidation sites excluding steroid dienone is 4. The topological polar surface area (TPSA) is 83.5 Å². The predicted molar refractivity (Wildman–Crippen MR) is 157 cm³/mol. The van der Waals surface area contributed by atoms with Crippen molar-refractivity contribution >= 4 is 5.97 Å². The Bertz CT molecular complexity index is 1100. The fraction of sp³-hybridized carbons (Fsp3) is 0.735. The van der Waals surface area contributed by atoms with E-state index in [0.717, 1.165) is 31.3 Å². The third kappa shape index (κ3) is 6.03. The summed E-state index contributed by atoms with van der Waals surface area (Å²) in [6, 6.07) is 0. The molecule has 41 heavy (non-hydrogen) atoms. The van der Waals surface area contributed by atoms with E-state index in [-0.39, 0.29) is 24.9 Å². The van der Waals surface area contributed by atoms with Crippen molar-refractivity contribution in [1.82, 2.24) is 0 Å². The summed E-state index contributed by atoms with van der Waals surface area (Å²) in [5.74, 6) is -1.01. The molecule has 228 valence electrons. The van der Waals surface area contributed by atoms with Crippen LogP contribution in [-0.4, -0.2) is 66.7 Å². The van der Waals surface area contributed by atoms with Crippen LogP contribution in [0.4, 0.5) is 0 Å². The van der Waals surface area contributed by atoms with Crippen LogP contribution < -0.4 is 0 Å². The number of carbonyl (C=O) groups excluding carboxylic acids is 1. The van der Waals surface area contributed by atoms with Crippen LogP contribution in [0.25, 0.3) is 0 Å². The number of carbonyl (C=O) groups is 1. The minimum atomic E-state index is -1.56. The van der Waals surface area contributed by atoms with Crippen LogP contribution in [0.5, 0.6) is 0 Å². The number of hydrogen-bond acceptors (Lipinski definition) is 7. The zero-order valence-electron chi connectivity index (χ0n) is 25.9. The van der Waals surface area contributed by atoms with E-state index >= 15 is 0 Å². The monoisotopic (exact) mass is 570 g/mol. The standard InChI is InChI=1S/C34H50O7/c1-20(2)29-23(5)13-14-33(41-29)18-27-17-26(40-33)12-11-22(4)15-21(3)9-8-10-25-19-38-31-30(37-7)24(6)16-28(32(35)39-27)34(25,31)36/h8-11,16,20-21,23,26-31,36H,12-15,17-19H2,1-7H3/b9-8+,22-11?,25-10?. The fourth-order valence-electron chi connectivity index (χ4n) is 7.78. The molecule has 1 spiro atoms. The smallest absolute Gasteiger partial charge is 0.316 e. The third-order valence-electron chi connectivity index (χ3n) is 9.89. The molecular formula is C34H50O7. The molecule has 1 aliphatic carbocycles. The van der Waals surface area contributed by atoms with Crippen molar-refractivity contribution in [1.29, 1.82) is 0 Å². The highest BCUT2D eigenvalue weighted by atomic mass is 16.7. The van der Waals surface area contributed by atoms with Crippen molar-refractivity contribution in [2.24, 2.45) is 23.7 Å². The van der Waals surface area contributed by atoms with Crippen molar-refractivity contribution in [3.63, 3.8) is 0 Å². The van der Waals surface area contributed by atoms with E-state index in [2.05, 4.69) is 46.8 Å². The lowest BCUT2D eigenvalue weighted by Crippen LogP contribution is -2.58. The van der Waals surface area contributed by atoms with Gasteiger partial charge in [0, 0.05) is 26.4 Å². The first-order valence-electron chi connectivity index (χ1n) is 15.6. The van der Waals surface area contributed by atoms with Gasteiger partial charge in [-0.3, -0.25) is 4.79 Å². The van der Waals surface area contributed by atoms with E-state index in [1.54, 1.807) is 7.11 Å². The van der Waals surface area contributed by atoms with Gasteiger partial charge in [-0.25, -0.2) is 0 Å². The second-order valence-corrected chi connectivity index (χ2v) is 13.6. The van der Waals surface area contributed by atoms with Gasteiger partial charge in [0.25, 0.3) is 0 Å². The number of aliphatic hydroxyl groups is 1. The van der Waals surface area contributed by atoms with Gasteiger partial charge in [0.15, 0.2) is 5.79 Å². The van der Waals surface area contributed by atoms with Crippen LogP contribution in [0, 0.1) is 23.7 Å². The highest BCUT2D eigenvalue weighted by molar-refractivity contribution is 5.78. The second kappa shape index (κ2) is 12.1. The minimum absolute atomic E-state index is 0.0846.